The van der Waals surface area contributed by atoms with Gasteiger partial charge in [-0.15, -0.1) is 0 Å². The van der Waals surface area contributed by atoms with Gasteiger partial charge in [-0.3, -0.25) is 4.79 Å². The minimum atomic E-state index is -0.417. The lowest BCUT2D eigenvalue weighted by atomic mass is 9.68. The lowest BCUT2D eigenvalue weighted by molar-refractivity contribution is -0.138. The van der Waals surface area contributed by atoms with Crippen molar-refractivity contribution in [2.45, 2.75) is 46.5 Å². The Kier molecular flexibility index (Phi) is 4.81. The van der Waals surface area contributed by atoms with Crippen LogP contribution in [-0.2, 0) is 14.3 Å². The van der Waals surface area contributed by atoms with Gasteiger partial charge in [-0.2, -0.15) is 0 Å². The number of hydrogen-bond donors (Lipinski definition) is 1. The third kappa shape index (κ3) is 3.37. The number of allylic oxidation sites excluding steroid dienone is 3. The standard InChI is InChI=1S/C25H27NO3/c1-5-29-24(28)21-15(2)26-19-13-25(3,4)14-20(27)23(19)22(21)18-12-8-10-16-9-6-7-11-17(16)18/h6-12,22,26H,5,13-14H2,1-4H3. The van der Waals surface area contributed by atoms with E-state index in [4.69, 9.17) is 4.74 Å². The van der Waals surface area contributed by atoms with E-state index in [1.807, 2.05) is 31.2 Å². The van der Waals surface area contributed by atoms with Gasteiger partial charge in [0.15, 0.2) is 5.78 Å². The Bertz CT molecular complexity index is 1070. The zero-order valence-corrected chi connectivity index (χ0v) is 17.5. The average molecular weight is 389 g/mol. The molecule has 0 amide bonds. The fourth-order valence-electron chi connectivity index (χ4n) is 4.73. The van der Waals surface area contributed by atoms with Gasteiger partial charge in [0.1, 0.15) is 0 Å². The van der Waals surface area contributed by atoms with Crippen LogP contribution >= 0.6 is 0 Å². The molecule has 1 heterocycles. The molecule has 2 aromatic carbocycles. The summed E-state index contributed by atoms with van der Waals surface area (Å²) in [5.41, 5.74) is 3.84. The van der Waals surface area contributed by atoms with Crippen LogP contribution in [0.3, 0.4) is 0 Å². The number of ketones is 1. The van der Waals surface area contributed by atoms with Gasteiger partial charge in [0.25, 0.3) is 0 Å². The third-order valence-electron chi connectivity index (χ3n) is 5.87. The predicted octanol–water partition coefficient (Wildman–Crippen LogP) is 5.01. The van der Waals surface area contributed by atoms with Gasteiger partial charge in [0.05, 0.1) is 12.2 Å². The lowest BCUT2D eigenvalue weighted by Crippen LogP contribution is -2.38. The van der Waals surface area contributed by atoms with Gasteiger partial charge in [-0.05, 0) is 42.0 Å². The molecule has 4 nitrogen and oxygen atoms in total. The van der Waals surface area contributed by atoms with E-state index in [-0.39, 0.29) is 17.2 Å². The quantitative estimate of drug-likeness (QED) is 0.750. The molecule has 150 valence electrons. The first-order chi connectivity index (χ1) is 13.8. The maximum absolute atomic E-state index is 13.3. The van der Waals surface area contributed by atoms with E-state index in [1.165, 1.54) is 0 Å². The summed E-state index contributed by atoms with van der Waals surface area (Å²) in [4.78, 5) is 26.3. The van der Waals surface area contributed by atoms with Crippen molar-refractivity contribution >= 4 is 22.5 Å². The number of dihydropyridines is 1. The van der Waals surface area contributed by atoms with E-state index in [0.717, 1.165) is 34.2 Å². The molecule has 0 saturated heterocycles. The summed E-state index contributed by atoms with van der Waals surface area (Å²) in [5.74, 6) is -0.671. The molecular weight excluding hydrogens is 362 g/mol. The predicted molar refractivity (Wildman–Crippen MR) is 114 cm³/mol. The summed E-state index contributed by atoms with van der Waals surface area (Å²) >= 11 is 0. The van der Waals surface area contributed by atoms with E-state index >= 15 is 0 Å². The highest BCUT2D eigenvalue weighted by Crippen LogP contribution is 2.47. The topological polar surface area (TPSA) is 55.4 Å². The van der Waals surface area contributed by atoms with Crippen molar-refractivity contribution in [1.29, 1.82) is 0 Å². The summed E-state index contributed by atoms with van der Waals surface area (Å²) < 4.78 is 5.40. The number of carbonyl (C=O) groups is 2. The van der Waals surface area contributed by atoms with Crippen LogP contribution in [0.25, 0.3) is 10.8 Å². The highest BCUT2D eigenvalue weighted by Gasteiger charge is 2.43. The molecule has 1 aliphatic carbocycles. The van der Waals surface area contributed by atoms with Gasteiger partial charge in [0, 0.05) is 29.3 Å². The van der Waals surface area contributed by atoms with Crippen LogP contribution in [-0.4, -0.2) is 18.4 Å². The van der Waals surface area contributed by atoms with Crippen LogP contribution in [0.2, 0.25) is 0 Å². The normalized spacial score (nSPS) is 21.1. The van der Waals surface area contributed by atoms with Gasteiger partial charge >= 0.3 is 5.97 Å². The van der Waals surface area contributed by atoms with Gasteiger partial charge in [0.2, 0.25) is 0 Å². The zero-order chi connectivity index (χ0) is 20.8. The number of nitrogens with one attached hydrogen (secondary N) is 1. The number of hydrogen-bond acceptors (Lipinski definition) is 4. The average Bonchev–Trinajstić information content (AvgIpc) is 2.65. The molecule has 1 unspecified atom stereocenters. The molecule has 0 fully saturated rings. The molecule has 0 aromatic heterocycles. The van der Waals surface area contributed by atoms with Crippen molar-refractivity contribution in [2.75, 3.05) is 6.61 Å². The van der Waals surface area contributed by atoms with Crippen LogP contribution in [0.15, 0.2) is 65.0 Å². The molecule has 1 aliphatic heterocycles. The van der Waals surface area contributed by atoms with Gasteiger partial charge in [-0.1, -0.05) is 56.3 Å². The molecule has 0 bridgehead atoms. The molecule has 29 heavy (non-hydrogen) atoms. The summed E-state index contributed by atoms with van der Waals surface area (Å²) in [5, 5.41) is 5.53. The summed E-state index contributed by atoms with van der Waals surface area (Å²) in [7, 11) is 0. The number of ether oxygens (including phenoxy) is 1. The van der Waals surface area contributed by atoms with Gasteiger partial charge < -0.3 is 10.1 Å². The molecular formula is C25H27NO3. The number of Topliss-reactive ketones (excluding diaryl/α,β-unsaturated/α-hetero) is 1. The summed E-state index contributed by atoms with van der Waals surface area (Å²) in [6, 6.07) is 14.2. The van der Waals surface area contributed by atoms with Crippen molar-refractivity contribution in [3.8, 4) is 0 Å². The third-order valence-corrected chi connectivity index (χ3v) is 5.87. The minimum absolute atomic E-state index is 0.103. The Morgan fingerprint density at radius 3 is 2.62 bits per heavy atom. The molecule has 2 aromatic rings. The van der Waals surface area contributed by atoms with Crippen LogP contribution in [0.1, 0.15) is 52.0 Å². The van der Waals surface area contributed by atoms with E-state index in [1.54, 1.807) is 6.92 Å². The highest BCUT2D eigenvalue weighted by molar-refractivity contribution is 6.05. The number of carbonyl (C=O) groups excluding carboxylic acids is 2. The van der Waals surface area contributed by atoms with Crippen LogP contribution in [0.5, 0.6) is 0 Å². The molecule has 0 saturated carbocycles. The first kappa shape index (κ1) is 19.4. The van der Waals surface area contributed by atoms with Crippen molar-refractivity contribution in [3.05, 3.63) is 70.6 Å². The monoisotopic (exact) mass is 389 g/mol. The Labute approximate surface area is 171 Å². The van der Waals surface area contributed by atoms with E-state index in [2.05, 4.69) is 37.4 Å². The van der Waals surface area contributed by atoms with Gasteiger partial charge in [-0.25, -0.2) is 4.79 Å². The smallest absolute Gasteiger partial charge is 0.336 e. The molecule has 0 radical (unpaired) electrons. The minimum Gasteiger partial charge on any atom is -0.463 e. The molecule has 4 rings (SSSR count). The van der Waals surface area contributed by atoms with E-state index < -0.39 is 5.92 Å². The molecule has 2 aliphatic rings. The highest BCUT2D eigenvalue weighted by atomic mass is 16.5. The number of benzene rings is 2. The molecule has 0 spiro atoms. The zero-order valence-electron chi connectivity index (χ0n) is 17.5. The largest absolute Gasteiger partial charge is 0.463 e. The number of fused-ring (bicyclic) bond motifs is 1. The first-order valence-electron chi connectivity index (χ1n) is 10.2. The van der Waals surface area contributed by atoms with Crippen LogP contribution < -0.4 is 5.32 Å². The SMILES string of the molecule is CCOC(=O)C1=C(C)NC2=C(C(=O)CC(C)(C)C2)C1c1cccc2ccccc12. The number of rotatable bonds is 3. The fraction of sp³-hybridized carbons (Fsp3) is 0.360. The number of esters is 1. The molecule has 1 atom stereocenters. The Hall–Kier alpha value is -2.88. The maximum atomic E-state index is 13.3. The lowest BCUT2D eigenvalue weighted by Gasteiger charge is -2.39. The Balaban J connectivity index is 1.98. The first-order valence-corrected chi connectivity index (χ1v) is 10.2. The fourth-order valence-corrected chi connectivity index (χ4v) is 4.73. The van der Waals surface area contributed by atoms with Crippen molar-refractivity contribution < 1.29 is 14.3 Å². The van der Waals surface area contributed by atoms with Crippen molar-refractivity contribution in [3.63, 3.8) is 0 Å². The van der Waals surface area contributed by atoms with Crippen molar-refractivity contribution in [2.24, 2.45) is 5.41 Å². The van der Waals surface area contributed by atoms with E-state index in [9.17, 15) is 9.59 Å². The Morgan fingerprint density at radius 2 is 1.86 bits per heavy atom. The van der Waals surface area contributed by atoms with Crippen LogP contribution in [0, 0.1) is 5.41 Å². The Morgan fingerprint density at radius 1 is 1.14 bits per heavy atom. The van der Waals surface area contributed by atoms with Crippen LogP contribution in [0.4, 0.5) is 0 Å². The second-order valence-electron chi connectivity index (χ2n) is 8.72. The molecule has 1 N–H and O–H groups in total. The summed E-state index contributed by atoms with van der Waals surface area (Å²) in [6.07, 6.45) is 1.26. The van der Waals surface area contributed by atoms with Crippen molar-refractivity contribution in [1.82, 2.24) is 5.32 Å². The second-order valence-corrected chi connectivity index (χ2v) is 8.72. The van der Waals surface area contributed by atoms with E-state index in [0.29, 0.717) is 24.2 Å². The summed E-state index contributed by atoms with van der Waals surface area (Å²) in [6.45, 7) is 8.23. The molecule has 4 heteroatoms. The maximum Gasteiger partial charge on any atom is 0.336 e. The second kappa shape index (κ2) is 7.18.